The number of aryl methyl sites for hydroxylation is 2. The van der Waals surface area contributed by atoms with Gasteiger partial charge in [-0.3, -0.25) is 9.69 Å². The molecule has 1 atom stereocenters. The van der Waals surface area contributed by atoms with Crippen molar-refractivity contribution in [2.45, 2.75) is 26.8 Å². The molecule has 2 aromatic carbocycles. The molecule has 3 aromatic rings. The van der Waals surface area contributed by atoms with Crippen molar-refractivity contribution < 1.29 is 4.79 Å². The monoisotopic (exact) mass is 363 g/mol. The third kappa shape index (κ3) is 4.41. The average Bonchev–Trinajstić information content (AvgIpc) is 3.19. The van der Waals surface area contributed by atoms with Crippen LogP contribution in [0.15, 0.2) is 55.1 Å². The zero-order valence-corrected chi connectivity index (χ0v) is 16.2. The smallest absolute Gasteiger partial charge is 0.238 e. The fourth-order valence-electron chi connectivity index (χ4n) is 3.06. The number of nitrogens with one attached hydrogen (secondary N) is 1. The van der Waals surface area contributed by atoms with Gasteiger partial charge in [-0.05, 0) is 56.6 Å². The predicted octanol–water partition coefficient (Wildman–Crippen LogP) is 3.52. The molecule has 0 fully saturated rings. The third-order valence-corrected chi connectivity index (χ3v) is 4.86. The van der Waals surface area contributed by atoms with Gasteiger partial charge in [-0.25, -0.2) is 9.67 Å². The van der Waals surface area contributed by atoms with E-state index in [0.717, 1.165) is 28.1 Å². The van der Waals surface area contributed by atoms with Gasteiger partial charge in [0, 0.05) is 11.7 Å². The van der Waals surface area contributed by atoms with Crippen LogP contribution in [-0.4, -0.2) is 39.2 Å². The summed E-state index contributed by atoms with van der Waals surface area (Å²) in [5, 5.41) is 7.18. The molecule has 6 nitrogen and oxygen atoms in total. The van der Waals surface area contributed by atoms with Gasteiger partial charge in [-0.15, -0.1) is 0 Å². The molecular weight excluding hydrogens is 338 g/mol. The number of likely N-dealkylation sites (N-methyl/N-ethyl adjacent to an activating group) is 1. The van der Waals surface area contributed by atoms with E-state index in [1.54, 1.807) is 11.0 Å². The zero-order chi connectivity index (χ0) is 19.4. The minimum atomic E-state index is -0.0130. The number of benzene rings is 2. The Hall–Kier alpha value is -2.99. The molecule has 0 saturated carbocycles. The highest BCUT2D eigenvalue weighted by Crippen LogP contribution is 2.22. The van der Waals surface area contributed by atoms with E-state index in [0.29, 0.717) is 6.54 Å². The Morgan fingerprint density at radius 2 is 1.81 bits per heavy atom. The molecular formula is C21H25N5O. The van der Waals surface area contributed by atoms with Crippen molar-refractivity contribution in [2.24, 2.45) is 0 Å². The Balaban J connectivity index is 1.63. The lowest BCUT2D eigenvalue weighted by molar-refractivity contribution is -0.117. The lowest BCUT2D eigenvalue weighted by Crippen LogP contribution is -2.32. The lowest BCUT2D eigenvalue weighted by atomic mass is 10.1. The third-order valence-electron chi connectivity index (χ3n) is 4.86. The number of para-hydroxylation sites is 1. The Bertz CT molecular complexity index is 883. The summed E-state index contributed by atoms with van der Waals surface area (Å²) in [5.41, 5.74) is 5.14. The van der Waals surface area contributed by atoms with Crippen LogP contribution in [0.2, 0.25) is 0 Å². The molecule has 0 radical (unpaired) electrons. The van der Waals surface area contributed by atoms with E-state index in [2.05, 4.69) is 34.5 Å². The molecule has 0 aliphatic heterocycles. The molecule has 0 unspecified atom stereocenters. The second-order valence-electron chi connectivity index (χ2n) is 6.84. The van der Waals surface area contributed by atoms with E-state index in [1.807, 2.05) is 56.1 Å². The molecule has 0 aliphatic rings. The Morgan fingerprint density at radius 3 is 2.41 bits per heavy atom. The summed E-state index contributed by atoms with van der Waals surface area (Å²) < 4.78 is 1.72. The Morgan fingerprint density at radius 1 is 1.15 bits per heavy atom. The highest BCUT2D eigenvalue weighted by Gasteiger charge is 2.16. The first kappa shape index (κ1) is 18.8. The summed E-state index contributed by atoms with van der Waals surface area (Å²) in [7, 11) is 1.96. The fourth-order valence-corrected chi connectivity index (χ4v) is 3.06. The number of nitrogens with zero attached hydrogens (tertiary/aromatic N) is 4. The minimum absolute atomic E-state index is 0.0130. The number of aromatic nitrogens is 3. The first-order valence-corrected chi connectivity index (χ1v) is 8.97. The number of hydrogen-bond donors (Lipinski definition) is 1. The maximum Gasteiger partial charge on any atom is 0.238 e. The van der Waals surface area contributed by atoms with Crippen LogP contribution >= 0.6 is 0 Å². The van der Waals surface area contributed by atoms with Crippen LogP contribution in [0, 0.1) is 13.8 Å². The predicted molar refractivity (Wildman–Crippen MR) is 107 cm³/mol. The molecule has 0 spiro atoms. The first-order chi connectivity index (χ1) is 13.0. The highest BCUT2D eigenvalue weighted by molar-refractivity contribution is 5.93. The molecule has 140 valence electrons. The van der Waals surface area contributed by atoms with Gasteiger partial charge in [-0.2, -0.15) is 5.10 Å². The molecule has 1 amide bonds. The number of rotatable bonds is 6. The summed E-state index contributed by atoms with van der Waals surface area (Å²) in [6.07, 6.45) is 3.18. The van der Waals surface area contributed by atoms with Crippen LogP contribution in [0.4, 0.5) is 5.69 Å². The molecule has 3 rings (SSSR count). The summed E-state index contributed by atoms with van der Waals surface area (Å²) in [6.45, 7) is 6.42. The number of hydrogen-bond acceptors (Lipinski definition) is 4. The van der Waals surface area contributed by atoms with Crippen molar-refractivity contribution in [1.82, 2.24) is 19.7 Å². The largest absolute Gasteiger partial charge is 0.324 e. The summed E-state index contributed by atoms with van der Waals surface area (Å²) in [5.74, 6) is -0.0130. The normalized spacial score (nSPS) is 12.2. The number of anilines is 1. The van der Waals surface area contributed by atoms with E-state index in [-0.39, 0.29) is 11.9 Å². The van der Waals surface area contributed by atoms with Gasteiger partial charge in [0.15, 0.2) is 0 Å². The summed E-state index contributed by atoms with van der Waals surface area (Å²) >= 11 is 0. The second kappa shape index (κ2) is 8.14. The van der Waals surface area contributed by atoms with Crippen molar-refractivity contribution in [3.63, 3.8) is 0 Å². The molecule has 0 aliphatic carbocycles. The SMILES string of the molecule is Cc1cccc(C)c1NC(=O)CN(C)[C@H](C)c1ccc(-n2cncn2)cc1. The van der Waals surface area contributed by atoms with Gasteiger partial charge in [0.05, 0.1) is 12.2 Å². The second-order valence-corrected chi connectivity index (χ2v) is 6.84. The van der Waals surface area contributed by atoms with Gasteiger partial charge in [0.2, 0.25) is 5.91 Å². The maximum atomic E-state index is 12.5. The Labute approximate surface area is 159 Å². The fraction of sp³-hybridized carbons (Fsp3) is 0.286. The van der Waals surface area contributed by atoms with E-state index < -0.39 is 0 Å². The average molecular weight is 363 g/mol. The standard InChI is InChI=1S/C21H25N5O/c1-15-6-5-7-16(2)21(15)24-20(27)12-25(4)17(3)18-8-10-19(11-9-18)26-14-22-13-23-26/h5-11,13-14,17H,12H2,1-4H3,(H,24,27)/t17-/m1/s1. The van der Waals surface area contributed by atoms with E-state index in [1.165, 1.54) is 6.33 Å². The van der Waals surface area contributed by atoms with Gasteiger partial charge >= 0.3 is 0 Å². The summed E-state index contributed by atoms with van der Waals surface area (Å²) in [4.78, 5) is 18.5. The minimum Gasteiger partial charge on any atom is -0.324 e. The van der Waals surface area contributed by atoms with Gasteiger partial charge in [-0.1, -0.05) is 30.3 Å². The molecule has 1 N–H and O–H groups in total. The lowest BCUT2D eigenvalue weighted by Gasteiger charge is -2.25. The van der Waals surface area contributed by atoms with Crippen molar-refractivity contribution in [2.75, 3.05) is 18.9 Å². The van der Waals surface area contributed by atoms with Crippen molar-refractivity contribution in [1.29, 1.82) is 0 Å². The molecule has 0 bridgehead atoms. The van der Waals surface area contributed by atoms with Crippen molar-refractivity contribution in [3.8, 4) is 5.69 Å². The summed E-state index contributed by atoms with van der Waals surface area (Å²) in [6, 6.07) is 14.2. The van der Waals surface area contributed by atoms with Crippen LogP contribution in [0.25, 0.3) is 5.69 Å². The number of carbonyl (C=O) groups is 1. The zero-order valence-electron chi connectivity index (χ0n) is 16.2. The van der Waals surface area contributed by atoms with Crippen LogP contribution in [0.5, 0.6) is 0 Å². The Kier molecular flexibility index (Phi) is 5.66. The maximum absolute atomic E-state index is 12.5. The first-order valence-electron chi connectivity index (χ1n) is 8.97. The molecule has 1 heterocycles. The number of amides is 1. The molecule has 27 heavy (non-hydrogen) atoms. The highest BCUT2D eigenvalue weighted by atomic mass is 16.2. The van der Waals surface area contributed by atoms with E-state index in [4.69, 9.17) is 0 Å². The molecule has 0 saturated heterocycles. The van der Waals surface area contributed by atoms with E-state index >= 15 is 0 Å². The van der Waals surface area contributed by atoms with E-state index in [9.17, 15) is 4.79 Å². The van der Waals surface area contributed by atoms with Crippen LogP contribution in [0.3, 0.4) is 0 Å². The van der Waals surface area contributed by atoms with Crippen LogP contribution in [0.1, 0.15) is 29.7 Å². The van der Waals surface area contributed by atoms with Crippen LogP contribution in [-0.2, 0) is 4.79 Å². The van der Waals surface area contributed by atoms with Gasteiger partial charge in [0.25, 0.3) is 0 Å². The topological polar surface area (TPSA) is 63.1 Å². The number of carbonyl (C=O) groups excluding carboxylic acids is 1. The quantitative estimate of drug-likeness (QED) is 0.728. The molecule has 1 aromatic heterocycles. The van der Waals surface area contributed by atoms with Crippen molar-refractivity contribution >= 4 is 11.6 Å². The van der Waals surface area contributed by atoms with Crippen molar-refractivity contribution in [3.05, 3.63) is 71.8 Å². The van der Waals surface area contributed by atoms with Crippen LogP contribution < -0.4 is 5.32 Å². The van der Waals surface area contributed by atoms with Gasteiger partial charge in [0.1, 0.15) is 12.7 Å². The molecule has 6 heteroatoms. The van der Waals surface area contributed by atoms with Gasteiger partial charge < -0.3 is 5.32 Å².